The molecule has 1 aliphatic heterocycles. The first-order valence-electron chi connectivity index (χ1n) is 13.9. The van der Waals surface area contributed by atoms with Crippen LogP contribution < -0.4 is 5.73 Å². The number of carbonyl (C=O) groups is 3. The molecule has 44 heavy (non-hydrogen) atoms. The quantitative estimate of drug-likeness (QED) is 0.243. The second-order valence-corrected chi connectivity index (χ2v) is 10.8. The third kappa shape index (κ3) is 6.96. The van der Waals surface area contributed by atoms with Crippen molar-refractivity contribution >= 4 is 46.1 Å². The highest BCUT2D eigenvalue weighted by atomic mass is 16.4. The minimum Gasteiger partial charge on any atom is -0.481 e. The Labute approximate surface area is 253 Å². The van der Waals surface area contributed by atoms with E-state index >= 15 is 0 Å². The summed E-state index contributed by atoms with van der Waals surface area (Å²) in [6.45, 7) is 3.46. The number of nitrogens with zero attached hydrogens (tertiary/aromatic N) is 4. The largest absolute Gasteiger partial charge is 0.481 e. The van der Waals surface area contributed by atoms with Crippen molar-refractivity contribution in [2.45, 2.75) is 19.4 Å². The Morgan fingerprint density at radius 1 is 0.841 bits per heavy atom. The van der Waals surface area contributed by atoms with E-state index in [9.17, 15) is 29.7 Å². The van der Waals surface area contributed by atoms with E-state index in [0.29, 0.717) is 45.2 Å². The van der Waals surface area contributed by atoms with Crippen molar-refractivity contribution < 1.29 is 29.7 Å². The predicted molar refractivity (Wildman–Crippen MR) is 165 cm³/mol. The van der Waals surface area contributed by atoms with Gasteiger partial charge < -0.3 is 21.1 Å². The van der Waals surface area contributed by atoms with Crippen LogP contribution in [0.3, 0.4) is 0 Å². The zero-order valence-electron chi connectivity index (χ0n) is 23.8. The number of pyridine rings is 3. The van der Waals surface area contributed by atoms with Crippen molar-refractivity contribution in [3.05, 3.63) is 96.0 Å². The summed E-state index contributed by atoms with van der Waals surface area (Å²) in [4.78, 5) is 51.8. The highest BCUT2D eigenvalue weighted by Crippen LogP contribution is 2.29. The maximum Gasteiger partial charge on any atom is 0.317 e. The third-order valence-electron chi connectivity index (χ3n) is 7.60. The van der Waals surface area contributed by atoms with Crippen LogP contribution in [0.4, 0.5) is 5.69 Å². The average molecular weight is 594 g/mol. The van der Waals surface area contributed by atoms with Gasteiger partial charge in [0, 0.05) is 30.6 Å². The van der Waals surface area contributed by atoms with Gasteiger partial charge in [0.15, 0.2) is 0 Å². The maximum absolute atomic E-state index is 12.6. The van der Waals surface area contributed by atoms with E-state index in [0.717, 1.165) is 10.9 Å². The standard InChI is InChI=1S/C33H31N5O6/c1-19-8-9-20-10-11-21-12-13-28(37-32(21)31(20)34)27-7-3-5-24(36-27)16-38(18-30(41)42)17-25(33(43)44)22(15-29(39)40)14-23-4-2-6-26(19)35-23/h2-13,22,25H,1,14-18,34H2,(H,39,40)(H,41,42)(H,43,44)/b9-8-. The summed E-state index contributed by atoms with van der Waals surface area (Å²) in [5.74, 6) is -5.63. The Hall–Kier alpha value is -5.42. The average Bonchev–Trinajstić information content (AvgIpc) is 2.98. The lowest BCUT2D eigenvalue weighted by molar-refractivity contribution is -0.148. The summed E-state index contributed by atoms with van der Waals surface area (Å²) in [7, 11) is 0. The molecule has 7 bridgehead atoms. The lowest BCUT2D eigenvalue weighted by Crippen LogP contribution is -2.40. The van der Waals surface area contributed by atoms with Crippen molar-refractivity contribution in [1.29, 1.82) is 0 Å². The lowest BCUT2D eigenvalue weighted by atomic mass is 9.84. The van der Waals surface area contributed by atoms with Crippen LogP contribution in [-0.2, 0) is 27.3 Å². The van der Waals surface area contributed by atoms with Gasteiger partial charge in [0.1, 0.15) is 0 Å². The molecule has 11 nitrogen and oxygen atoms in total. The van der Waals surface area contributed by atoms with Crippen LogP contribution >= 0.6 is 0 Å². The van der Waals surface area contributed by atoms with Crippen molar-refractivity contribution in [3.8, 4) is 11.4 Å². The number of aromatic nitrogens is 3. The fourth-order valence-corrected chi connectivity index (χ4v) is 5.43. The maximum atomic E-state index is 12.6. The molecule has 4 aromatic rings. The molecule has 2 atom stereocenters. The fraction of sp³-hybridized carbons (Fsp3) is 0.212. The molecular formula is C33H31N5O6. The number of anilines is 1. The smallest absolute Gasteiger partial charge is 0.317 e. The van der Waals surface area contributed by atoms with Crippen LogP contribution in [0, 0.1) is 11.8 Å². The summed E-state index contributed by atoms with van der Waals surface area (Å²) in [5.41, 5.74) is 11.5. The number of nitrogen functional groups attached to an aromatic ring is 1. The molecule has 0 saturated heterocycles. The molecule has 11 heteroatoms. The molecule has 0 radical (unpaired) electrons. The first-order valence-corrected chi connectivity index (χ1v) is 13.9. The Morgan fingerprint density at radius 3 is 2.25 bits per heavy atom. The number of benzene rings is 1. The van der Waals surface area contributed by atoms with Crippen molar-refractivity contribution in [2.24, 2.45) is 11.8 Å². The number of aliphatic carboxylic acids is 3. The molecule has 5 N–H and O–H groups in total. The molecule has 0 amide bonds. The summed E-state index contributed by atoms with van der Waals surface area (Å²) >= 11 is 0. The van der Waals surface area contributed by atoms with Crippen molar-refractivity contribution in [3.63, 3.8) is 0 Å². The molecule has 1 aliphatic rings. The van der Waals surface area contributed by atoms with Crippen molar-refractivity contribution in [1.82, 2.24) is 19.9 Å². The zero-order valence-corrected chi connectivity index (χ0v) is 23.8. The van der Waals surface area contributed by atoms with Gasteiger partial charge in [-0.05, 0) is 53.8 Å². The highest BCUT2D eigenvalue weighted by molar-refractivity contribution is 5.95. The van der Waals surface area contributed by atoms with Gasteiger partial charge in [0.25, 0.3) is 0 Å². The lowest BCUT2D eigenvalue weighted by Gasteiger charge is -2.28. The van der Waals surface area contributed by atoms with Crippen LogP contribution in [-0.4, -0.2) is 66.2 Å². The fourth-order valence-electron chi connectivity index (χ4n) is 5.43. The van der Waals surface area contributed by atoms with Crippen LogP contribution in [0.2, 0.25) is 0 Å². The Kier molecular flexibility index (Phi) is 8.77. The van der Waals surface area contributed by atoms with Gasteiger partial charge in [-0.25, -0.2) is 9.97 Å². The van der Waals surface area contributed by atoms with E-state index in [4.69, 9.17) is 15.7 Å². The summed E-state index contributed by atoms with van der Waals surface area (Å²) in [5, 5.41) is 30.4. The van der Waals surface area contributed by atoms with E-state index in [1.165, 1.54) is 4.90 Å². The summed E-state index contributed by atoms with van der Waals surface area (Å²) in [6, 6.07) is 18.0. The molecule has 5 rings (SSSR count). The van der Waals surface area contributed by atoms with Crippen molar-refractivity contribution in [2.75, 3.05) is 18.8 Å². The highest BCUT2D eigenvalue weighted by Gasteiger charge is 2.33. The first kappa shape index (κ1) is 30.1. The number of fused-ring (bicyclic) bond motifs is 7. The second-order valence-electron chi connectivity index (χ2n) is 10.8. The number of rotatable bonds is 5. The number of nitrogens with two attached hydrogens (primary N) is 1. The normalized spacial score (nSPS) is 18.2. The molecule has 224 valence electrons. The van der Waals surface area contributed by atoms with E-state index in [-0.39, 0.29) is 19.5 Å². The molecule has 1 aromatic carbocycles. The van der Waals surface area contributed by atoms with Gasteiger partial charge >= 0.3 is 17.9 Å². The monoisotopic (exact) mass is 593 g/mol. The number of carboxylic acid groups (broad SMARTS) is 3. The Balaban J connectivity index is 1.65. The topological polar surface area (TPSA) is 180 Å². The molecule has 2 unspecified atom stereocenters. The first-order chi connectivity index (χ1) is 21.1. The van der Waals surface area contributed by atoms with E-state index in [1.807, 2.05) is 30.3 Å². The van der Waals surface area contributed by atoms with Gasteiger partial charge in [0.2, 0.25) is 0 Å². The molecule has 3 aromatic heterocycles. The van der Waals surface area contributed by atoms with Gasteiger partial charge in [-0.1, -0.05) is 49.1 Å². The van der Waals surface area contributed by atoms with Gasteiger partial charge in [-0.2, -0.15) is 0 Å². The van der Waals surface area contributed by atoms with E-state index < -0.39 is 42.7 Å². The Bertz CT molecular complexity index is 1800. The SMILES string of the molecule is C=C1/C=C\c2ccc3ccc(nc3c2N)-c2cccc(n2)CN(CC(=O)O)CC(C(=O)O)C(CC(=O)O)Cc2cccc1n2. The molecule has 0 aliphatic carbocycles. The number of hydrogen-bond acceptors (Lipinski definition) is 8. The zero-order chi connectivity index (χ0) is 31.4. The Morgan fingerprint density at radius 2 is 1.52 bits per heavy atom. The predicted octanol–water partition coefficient (Wildman–Crippen LogP) is 4.24. The van der Waals surface area contributed by atoms with Gasteiger partial charge in [0.05, 0.1) is 46.4 Å². The third-order valence-corrected chi connectivity index (χ3v) is 7.60. The molecule has 0 saturated carbocycles. The number of hydrogen-bond donors (Lipinski definition) is 4. The number of allylic oxidation sites excluding steroid dienone is 2. The second kappa shape index (κ2) is 12.8. The van der Waals surface area contributed by atoms with Gasteiger partial charge in [-0.3, -0.25) is 24.3 Å². The van der Waals surface area contributed by atoms with Crippen LogP contribution in [0.25, 0.3) is 33.9 Å². The van der Waals surface area contributed by atoms with Crippen LogP contribution in [0.15, 0.2) is 73.3 Å². The molecular weight excluding hydrogens is 562 g/mol. The summed E-state index contributed by atoms with van der Waals surface area (Å²) in [6.07, 6.45) is 3.20. The number of carboxylic acids is 3. The molecule has 4 heterocycles. The van der Waals surface area contributed by atoms with E-state index in [2.05, 4.69) is 11.6 Å². The minimum absolute atomic E-state index is 0.0158. The van der Waals surface area contributed by atoms with Crippen LogP contribution in [0.1, 0.15) is 29.1 Å². The van der Waals surface area contributed by atoms with Gasteiger partial charge in [-0.15, -0.1) is 0 Å². The summed E-state index contributed by atoms with van der Waals surface area (Å²) < 4.78 is 0. The molecule has 0 spiro atoms. The van der Waals surface area contributed by atoms with Crippen LogP contribution in [0.5, 0.6) is 0 Å². The van der Waals surface area contributed by atoms with E-state index in [1.54, 1.807) is 42.5 Å². The minimum atomic E-state index is -1.23. The molecule has 0 fully saturated rings.